The minimum absolute atomic E-state index is 0.292. The Bertz CT molecular complexity index is 884. The topological polar surface area (TPSA) is 51.2 Å². The van der Waals surface area contributed by atoms with E-state index in [0.717, 1.165) is 11.3 Å². The molecular formula is C18H14Cl2N2O2S. The van der Waals surface area contributed by atoms with E-state index >= 15 is 0 Å². The molecule has 0 spiro atoms. The summed E-state index contributed by atoms with van der Waals surface area (Å²) < 4.78 is 5.60. The van der Waals surface area contributed by atoms with Gasteiger partial charge >= 0.3 is 0 Å². The summed E-state index contributed by atoms with van der Waals surface area (Å²) in [5.41, 5.74) is 1.82. The summed E-state index contributed by atoms with van der Waals surface area (Å²) >= 11 is 13.2. The highest BCUT2D eigenvalue weighted by atomic mass is 35.5. The molecule has 1 N–H and O–H groups in total. The van der Waals surface area contributed by atoms with Gasteiger partial charge in [0.15, 0.2) is 11.2 Å². The predicted octanol–water partition coefficient (Wildman–Crippen LogP) is 5.52. The molecule has 128 valence electrons. The quantitative estimate of drug-likeness (QED) is 0.621. The summed E-state index contributed by atoms with van der Waals surface area (Å²) in [7, 11) is 0. The second-order valence-electron chi connectivity index (χ2n) is 5.23. The molecule has 2 aromatic carbocycles. The van der Waals surface area contributed by atoms with Crippen molar-refractivity contribution in [3.05, 3.63) is 64.0 Å². The zero-order valence-corrected chi connectivity index (χ0v) is 15.5. The van der Waals surface area contributed by atoms with E-state index in [9.17, 15) is 4.79 Å². The Morgan fingerprint density at radius 1 is 1.16 bits per heavy atom. The van der Waals surface area contributed by atoms with Gasteiger partial charge in [-0.1, -0.05) is 53.5 Å². The zero-order chi connectivity index (χ0) is 17.8. The van der Waals surface area contributed by atoms with Crippen molar-refractivity contribution in [2.24, 2.45) is 0 Å². The molecule has 0 unspecified atom stereocenters. The molecule has 0 saturated heterocycles. The number of amides is 1. The Hall–Kier alpha value is -2.08. The van der Waals surface area contributed by atoms with Crippen molar-refractivity contribution in [3.8, 4) is 17.0 Å². The number of ether oxygens (including phenoxy) is 1. The lowest BCUT2D eigenvalue weighted by atomic mass is 10.2. The SMILES string of the molecule is C[C@H](Oc1ccc(Cl)c(Cl)c1)C(=O)Nc1nc(-c2ccccc2)cs1. The van der Waals surface area contributed by atoms with Gasteiger partial charge in [-0.15, -0.1) is 11.3 Å². The molecule has 0 radical (unpaired) electrons. The van der Waals surface area contributed by atoms with E-state index in [2.05, 4.69) is 10.3 Å². The summed E-state index contributed by atoms with van der Waals surface area (Å²) in [5.74, 6) is 0.182. The van der Waals surface area contributed by atoms with Crippen LogP contribution in [0.1, 0.15) is 6.92 Å². The van der Waals surface area contributed by atoms with E-state index in [1.54, 1.807) is 25.1 Å². The third-order valence-corrected chi connectivity index (χ3v) is 4.87. The number of rotatable bonds is 5. The fourth-order valence-corrected chi connectivity index (χ4v) is 3.10. The fourth-order valence-electron chi connectivity index (χ4n) is 2.09. The van der Waals surface area contributed by atoms with E-state index in [-0.39, 0.29) is 5.91 Å². The van der Waals surface area contributed by atoms with Crippen LogP contribution in [0, 0.1) is 0 Å². The highest BCUT2D eigenvalue weighted by molar-refractivity contribution is 7.14. The number of nitrogens with one attached hydrogen (secondary N) is 1. The van der Waals surface area contributed by atoms with E-state index in [0.29, 0.717) is 20.9 Å². The summed E-state index contributed by atoms with van der Waals surface area (Å²) in [4.78, 5) is 16.7. The van der Waals surface area contributed by atoms with Crippen LogP contribution in [0.3, 0.4) is 0 Å². The van der Waals surface area contributed by atoms with Gasteiger partial charge in [-0.2, -0.15) is 0 Å². The first-order valence-electron chi connectivity index (χ1n) is 7.46. The minimum atomic E-state index is -0.707. The molecule has 3 aromatic rings. The molecular weight excluding hydrogens is 379 g/mol. The number of halogens is 2. The van der Waals surface area contributed by atoms with Crippen LogP contribution in [0.15, 0.2) is 53.9 Å². The molecule has 1 atom stereocenters. The van der Waals surface area contributed by atoms with Gasteiger partial charge in [0.25, 0.3) is 5.91 Å². The number of benzene rings is 2. The van der Waals surface area contributed by atoms with Gasteiger partial charge in [-0.05, 0) is 19.1 Å². The molecule has 0 saturated carbocycles. The third kappa shape index (κ3) is 4.51. The van der Waals surface area contributed by atoms with E-state index in [4.69, 9.17) is 27.9 Å². The van der Waals surface area contributed by atoms with Gasteiger partial charge in [0.2, 0.25) is 0 Å². The molecule has 4 nitrogen and oxygen atoms in total. The monoisotopic (exact) mass is 392 g/mol. The van der Waals surface area contributed by atoms with Crippen LogP contribution in [-0.2, 0) is 4.79 Å². The third-order valence-electron chi connectivity index (χ3n) is 3.38. The first-order valence-corrected chi connectivity index (χ1v) is 9.10. The maximum absolute atomic E-state index is 12.3. The molecule has 1 heterocycles. The summed E-state index contributed by atoms with van der Waals surface area (Å²) in [6.45, 7) is 1.66. The van der Waals surface area contributed by atoms with Crippen molar-refractivity contribution in [2.75, 3.05) is 5.32 Å². The number of hydrogen-bond donors (Lipinski definition) is 1. The first kappa shape index (κ1) is 17.7. The van der Waals surface area contributed by atoms with Crippen molar-refractivity contribution >= 4 is 45.6 Å². The Morgan fingerprint density at radius 2 is 1.92 bits per heavy atom. The van der Waals surface area contributed by atoms with Crippen molar-refractivity contribution in [3.63, 3.8) is 0 Å². The van der Waals surface area contributed by atoms with Crippen LogP contribution in [-0.4, -0.2) is 17.0 Å². The first-order chi connectivity index (χ1) is 12.0. The number of nitrogens with zero attached hydrogens (tertiary/aromatic N) is 1. The summed E-state index contributed by atoms with van der Waals surface area (Å²) in [5, 5.41) is 5.99. The van der Waals surface area contributed by atoms with Crippen molar-refractivity contribution < 1.29 is 9.53 Å². The molecule has 0 aliphatic rings. The highest BCUT2D eigenvalue weighted by Gasteiger charge is 2.17. The highest BCUT2D eigenvalue weighted by Crippen LogP contribution is 2.27. The van der Waals surface area contributed by atoms with E-state index in [1.807, 2.05) is 35.7 Å². The molecule has 3 rings (SSSR count). The van der Waals surface area contributed by atoms with Crippen LogP contribution >= 0.6 is 34.5 Å². The van der Waals surface area contributed by atoms with Gasteiger partial charge in [-0.25, -0.2) is 4.98 Å². The smallest absolute Gasteiger partial charge is 0.266 e. The standard InChI is InChI=1S/C18H14Cl2N2O2S/c1-11(24-13-7-8-14(19)15(20)9-13)17(23)22-18-21-16(10-25-18)12-5-3-2-4-6-12/h2-11H,1H3,(H,21,22,23)/t11-/m0/s1. The molecule has 1 amide bonds. The zero-order valence-electron chi connectivity index (χ0n) is 13.2. The largest absolute Gasteiger partial charge is 0.481 e. The van der Waals surface area contributed by atoms with Crippen molar-refractivity contribution in [1.82, 2.24) is 4.98 Å². The second kappa shape index (κ2) is 7.87. The molecule has 0 aliphatic carbocycles. The molecule has 0 fully saturated rings. The van der Waals surface area contributed by atoms with Crippen LogP contribution in [0.4, 0.5) is 5.13 Å². The average Bonchev–Trinajstić information content (AvgIpc) is 3.07. The Labute approximate surface area is 159 Å². The Balaban J connectivity index is 1.63. The van der Waals surface area contributed by atoms with E-state index < -0.39 is 6.10 Å². The van der Waals surface area contributed by atoms with Crippen molar-refractivity contribution in [1.29, 1.82) is 0 Å². The lowest BCUT2D eigenvalue weighted by Gasteiger charge is -2.14. The molecule has 7 heteroatoms. The van der Waals surface area contributed by atoms with E-state index in [1.165, 1.54) is 11.3 Å². The molecule has 1 aromatic heterocycles. The number of anilines is 1. The number of thiazole rings is 1. The number of aromatic nitrogens is 1. The number of carbonyl (C=O) groups is 1. The molecule has 0 aliphatic heterocycles. The van der Waals surface area contributed by atoms with Crippen LogP contribution < -0.4 is 10.1 Å². The van der Waals surface area contributed by atoms with Crippen LogP contribution in [0.5, 0.6) is 5.75 Å². The maximum Gasteiger partial charge on any atom is 0.266 e. The summed E-state index contributed by atoms with van der Waals surface area (Å²) in [6.07, 6.45) is -0.707. The number of carbonyl (C=O) groups excluding carboxylic acids is 1. The summed E-state index contributed by atoms with van der Waals surface area (Å²) in [6, 6.07) is 14.6. The van der Waals surface area contributed by atoms with Gasteiger partial charge in [0.1, 0.15) is 5.75 Å². The Kier molecular flexibility index (Phi) is 5.58. The lowest BCUT2D eigenvalue weighted by Crippen LogP contribution is -2.30. The van der Waals surface area contributed by atoms with Crippen LogP contribution in [0.2, 0.25) is 10.0 Å². The van der Waals surface area contributed by atoms with Gasteiger partial charge < -0.3 is 4.74 Å². The van der Waals surface area contributed by atoms with Crippen molar-refractivity contribution in [2.45, 2.75) is 13.0 Å². The lowest BCUT2D eigenvalue weighted by molar-refractivity contribution is -0.122. The predicted molar refractivity (Wildman–Crippen MR) is 103 cm³/mol. The van der Waals surface area contributed by atoms with Gasteiger partial charge in [0.05, 0.1) is 15.7 Å². The molecule has 25 heavy (non-hydrogen) atoms. The molecule has 0 bridgehead atoms. The minimum Gasteiger partial charge on any atom is -0.481 e. The number of hydrogen-bond acceptors (Lipinski definition) is 4. The van der Waals surface area contributed by atoms with Gasteiger partial charge in [-0.3, -0.25) is 10.1 Å². The second-order valence-corrected chi connectivity index (χ2v) is 6.90. The maximum atomic E-state index is 12.3. The van der Waals surface area contributed by atoms with Gasteiger partial charge in [0, 0.05) is 17.0 Å². The van der Waals surface area contributed by atoms with Crippen LogP contribution in [0.25, 0.3) is 11.3 Å². The Morgan fingerprint density at radius 3 is 2.64 bits per heavy atom. The normalized spacial score (nSPS) is 11.8. The fraction of sp³-hybridized carbons (Fsp3) is 0.111. The average molecular weight is 393 g/mol.